The van der Waals surface area contributed by atoms with Gasteiger partial charge in [-0.1, -0.05) is 0 Å². The standard InChI is InChI=1S/C10H19FN2O2/c1-10(2,3)15-9(14)13-5-4-12-7-8(13)6-11/h8,12H,4-7H2,1-3H3. The summed E-state index contributed by atoms with van der Waals surface area (Å²) < 4.78 is 17.8. The van der Waals surface area contributed by atoms with E-state index in [1.807, 2.05) is 0 Å². The van der Waals surface area contributed by atoms with Crippen LogP contribution in [-0.4, -0.2) is 48.9 Å². The van der Waals surface area contributed by atoms with Crippen molar-refractivity contribution < 1.29 is 13.9 Å². The second-order valence-electron chi connectivity index (χ2n) is 4.69. The van der Waals surface area contributed by atoms with Crippen LogP contribution in [0, 0.1) is 0 Å². The molecule has 1 rings (SSSR count). The molecule has 5 heteroatoms. The van der Waals surface area contributed by atoms with Gasteiger partial charge in [0.15, 0.2) is 0 Å². The maximum absolute atomic E-state index is 12.6. The molecule has 1 heterocycles. The summed E-state index contributed by atoms with van der Waals surface area (Å²) in [4.78, 5) is 13.2. The summed E-state index contributed by atoms with van der Waals surface area (Å²) in [7, 11) is 0. The molecule has 1 fully saturated rings. The molecular formula is C10H19FN2O2. The van der Waals surface area contributed by atoms with E-state index in [9.17, 15) is 9.18 Å². The molecule has 1 unspecified atom stereocenters. The van der Waals surface area contributed by atoms with Crippen molar-refractivity contribution in [3.8, 4) is 0 Å². The van der Waals surface area contributed by atoms with E-state index in [1.165, 1.54) is 4.90 Å². The van der Waals surface area contributed by atoms with Gasteiger partial charge in [0, 0.05) is 19.6 Å². The Bertz CT molecular complexity index is 228. The predicted octanol–water partition coefficient (Wildman–Crippen LogP) is 1.16. The maximum Gasteiger partial charge on any atom is 0.410 e. The van der Waals surface area contributed by atoms with E-state index in [2.05, 4.69) is 5.32 Å². The fourth-order valence-electron chi connectivity index (χ4n) is 1.46. The number of alkyl halides is 1. The number of hydrogen-bond donors (Lipinski definition) is 1. The molecule has 0 aromatic rings. The lowest BCUT2D eigenvalue weighted by molar-refractivity contribution is 0.00927. The van der Waals surface area contributed by atoms with Crippen LogP contribution in [0.1, 0.15) is 20.8 Å². The Kier molecular flexibility index (Phi) is 3.90. The van der Waals surface area contributed by atoms with Gasteiger partial charge in [0.05, 0.1) is 6.04 Å². The highest BCUT2D eigenvalue weighted by atomic mass is 19.1. The molecule has 1 saturated heterocycles. The number of ether oxygens (including phenoxy) is 1. The molecule has 0 radical (unpaired) electrons. The highest BCUT2D eigenvalue weighted by Crippen LogP contribution is 2.13. The van der Waals surface area contributed by atoms with E-state index in [-0.39, 0.29) is 0 Å². The number of carbonyl (C=O) groups is 1. The number of piperazine rings is 1. The van der Waals surface area contributed by atoms with Gasteiger partial charge in [0.2, 0.25) is 0 Å². The summed E-state index contributed by atoms with van der Waals surface area (Å²) in [6, 6.07) is -0.395. The van der Waals surface area contributed by atoms with Crippen LogP contribution in [0.5, 0.6) is 0 Å². The molecule has 1 aliphatic rings. The van der Waals surface area contributed by atoms with Crippen molar-refractivity contribution in [2.24, 2.45) is 0 Å². The van der Waals surface area contributed by atoms with E-state index in [0.29, 0.717) is 19.6 Å². The third-order valence-corrected chi connectivity index (χ3v) is 2.16. The first-order valence-corrected chi connectivity index (χ1v) is 5.20. The number of halogens is 1. The first-order chi connectivity index (χ1) is 6.94. The third-order valence-electron chi connectivity index (χ3n) is 2.16. The zero-order valence-electron chi connectivity index (χ0n) is 9.55. The van der Waals surface area contributed by atoms with Crippen LogP contribution in [0.25, 0.3) is 0 Å². The van der Waals surface area contributed by atoms with Crippen LogP contribution < -0.4 is 5.32 Å². The molecule has 0 aliphatic carbocycles. The van der Waals surface area contributed by atoms with Crippen molar-refractivity contribution in [3.63, 3.8) is 0 Å². The zero-order chi connectivity index (χ0) is 11.5. The van der Waals surface area contributed by atoms with Crippen LogP contribution in [-0.2, 0) is 4.74 Å². The summed E-state index contributed by atoms with van der Waals surface area (Å²) in [6.45, 7) is 6.56. The lowest BCUT2D eigenvalue weighted by Gasteiger charge is -2.35. The number of nitrogens with zero attached hydrogens (tertiary/aromatic N) is 1. The molecular weight excluding hydrogens is 199 g/mol. The van der Waals surface area contributed by atoms with E-state index in [1.54, 1.807) is 20.8 Å². The average molecular weight is 218 g/mol. The minimum atomic E-state index is -0.535. The second kappa shape index (κ2) is 4.79. The van der Waals surface area contributed by atoms with Gasteiger partial charge in [-0.2, -0.15) is 0 Å². The van der Waals surface area contributed by atoms with Gasteiger partial charge in [-0.05, 0) is 20.8 Å². The Balaban J connectivity index is 2.56. The van der Waals surface area contributed by atoms with Gasteiger partial charge in [0.1, 0.15) is 12.3 Å². The Labute approximate surface area is 89.8 Å². The molecule has 0 aromatic heterocycles. The van der Waals surface area contributed by atoms with Gasteiger partial charge in [-0.15, -0.1) is 0 Å². The lowest BCUT2D eigenvalue weighted by Crippen LogP contribution is -2.55. The highest BCUT2D eigenvalue weighted by Gasteiger charge is 2.30. The van der Waals surface area contributed by atoms with Gasteiger partial charge in [0.25, 0.3) is 0 Å². The van der Waals surface area contributed by atoms with E-state index >= 15 is 0 Å². The summed E-state index contributed by atoms with van der Waals surface area (Å²) >= 11 is 0. The van der Waals surface area contributed by atoms with Crippen molar-refractivity contribution in [2.45, 2.75) is 32.4 Å². The Morgan fingerprint density at radius 1 is 1.60 bits per heavy atom. The lowest BCUT2D eigenvalue weighted by atomic mass is 10.2. The Morgan fingerprint density at radius 2 is 2.27 bits per heavy atom. The van der Waals surface area contributed by atoms with Gasteiger partial charge >= 0.3 is 6.09 Å². The van der Waals surface area contributed by atoms with Crippen LogP contribution in [0.3, 0.4) is 0 Å². The van der Waals surface area contributed by atoms with Crippen molar-refractivity contribution in [2.75, 3.05) is 26.3 Å². The topological polar surface area (TPSA) is 41.6 Å². The average Bonchev–Trinajstić information content (AvgIpc) is 2.15. The molecule has 1 amide bonds. The van der Waals surface area contributed by atoms with Crippen LogP contribution in [0.4, 0.5) is 9.18 Å². The van der Waals surface area contributed by atoms with Gasteiger partial charge in [-0.3, -0.25) is 0 Å². The minimum absolute atomic E-state index is 0.395. The molecule has 1 atom stereocenters. The van der Waals surface area contributed by atoms with Crippen molar-refractivity contribution in [1.29, 1.82) is 0 Å². The second-order valence-corrected chi connectivity index (χ2v) is 4.69. The number of rotatable bonds is 1. The Hall–Kier alpha value is -0.840. The van der Waals surface area contributed by atoms with Crippen molar-refractivity contribution in [1.82, 2.24) is 10.2 Å². The van der Waals surface area contributed by atoms with E-state index in [0.717, 1.165) is 0 Å². The fourth-order valence-corrected chi connectivity index (χ4v) is 1.46. The Morgan fingerprint density at radius 3 is 2.80 bits per heavy atom. The van der Waals surface area contributed by atoms with Gasteiger partial charge in [-0.25, -0.2) is 9.18 Å². The molecule has 1 N–H and O–H groups in total. The summed E-state index contributed by atoms with van der Waals surface area (Å²) in [5.41, 5.74) is -0.525. The molecule has 0 saturated carbocycles. The number of carbonyl (C=O) groups excluding carboxylic acids is 1. The van der Waals surface area contributed by atoms with Crippen LogP contribution in [0.2, 0.25) is 0 Å². The van der Waals surface area contributed by atoms with Crippen LogP contribution >= 0.6 is 0 Å². The fraction of sp³-hybridized carbons (Fsp3) is 0.900. The molecule has 0 bridgehead atoms. The normalized spacial score (nSPS) is 22.7. The predicted molar refractivity (Wildman–Crippen MR) is 55.6 cm³/mol. The van der Waals surface area contributed by atoms with Gasteiger partial charge < -0.3 is 15.0 Å². The molecule has 15 heavy (non-hydrogen) atoms. The van der Waals surface area contributed by atoms with Crippen molar-refractivity contribution >= 4 is 6.09 Å². The number of nitrogens with one attached hydrogen (secondary N) is 1. The SMILES string of the molecule is CC(C)(C)OC(=O)N1CCNCC1CF. The molecule has 4 nitrogen and oxygen atoms in total. The monoisotopic (exact) mass is 218 g/mol. The first-order valence-electron chi connectivity index (χ1n) is 5.20. The number of amides is 1. The van der Waals surface area contributed by atoms with E-state index in [4.69, 9.17) is 4.74 Å². The maximum atomic E-state index is 12.6. The minimum Gasteiger partial charge on any atom is -0.444 e. The molecule has 0 aromatic carbocycles. The zero-order valence-corrected chi connectivity index (χ0v) is 9.55. The quantitative estimate of drug-likeness (QED) is 0.718. The highest BCUT2D eigenvalue weighted by molar-refractivity contribution is 5.68. The molecule has 0 spiro atoms. The number of hydrogen-bond acceptors (Lipinski definition) is 3. The largest absolute Gasteiger partial charge is 0.444 e. The van der Waals surface area contributed by atoms with Crippen LogP contribution in [0.15, 0.2) is 0 Å². The van der Waals surface area contributed by atoms with E-state index < -0.39 is 24.4 Å². The molecule has 1 aliphatic heterocycles. The summed E-state index contributed by atoms with van der Waals surface area (Å²) in [5, 5.41) is 3.04. The summed E-state index contributed by atoms with van der Waals surface area (Å²) in [5.74, 6) is 0. The van der Waals surface area contributed by atoms with Crippen molar-refractivity contribution in [3.05, 3.63) is 0 Å². The summed E-state index contributed by atoms with van der Waals surface area (Å²) in [6.07, 6.45) is -0.424. The first kappa shape index (κ1) is 12.2. The smallest absolute Gasteiger partial charge is 0.410 e. The third kappa shape index (κ3) is 3.66. The molecule has 88 valence electrons.